The van der Waals surface area contributed by atoms with E-state index in [1.165, 1.54) is 24.7 Å². The molecule has 1 amide bonds. The molecule has 2 aromatic heterocycles. The van der Waals surface area contributed by atoms with Crippen molar-refractivity contribution >= 4 is 35.2 Å². The number of carbonyl (C=O) groups is 1. The van der Waals surface area contributed by atoms with Gasteiger partial charge in [0.15, 0.2) is 0 Å². The highest BCUT2D eigenvalue weighted by Gasteiger charge is 2.27. The molecule has 1 aromatic carbocycles. The quantitative estimate of drug-likeness (QED) is 0.469. The van der Waals surface area contributed by atoms with Crippen molar-refractivity contribution in [3.8, 4) is 5.82 Å². The smallest absolute Gasteiger partial charge is 0.289 e. The highest BCUT2D eigenvalue weighted by Crippen LogP contribution is 2.27. The van der Waals surface area contributed by atoms with Gasteiger partial charge in [-0.15, -0.1) is 0 Å². The van der Waals surface area contributed by atoms with Crippen molar-refractivity contribution in [1.82, 2.24) is 23.9 Å². The van der Waals surface area contributed by atoms with Crippen LogP contribution in [0.3, 0.4) is 0 Å². The third-order valence-electron chi connectivity index (χ3n) is 5.51. The summed E-state index contributed by atoms with van der Waals surface area (Å²) in [5, 5.41) is 3.51. The van der Waals surface area contributed by atoms with E-state index in [-0.39, 0.29) is 23.3 Å². The van der Waals surface area contributed by atoms with Crippen LogP contribution in [0.25, 0.3) is 5.82 Å². The van der Waals surface area contributed by atoms with Gasteiger partial charge in [-0.1, -0.05) is 11.6 Å². The van der Waals surface area contributed by atoms with Gasteiger partial charge in [0.1, 0.15) is 23.7 Å². The molecule has 0 bridgehead atoms. The van der Waals surface area contributed by atoms with Gasteiger partial charge in [-0.25, -0.2) is 18.8 Å². The molecule has 1 fully saturated rings. The zero-order valence-corrected chi connectivity index (χ0v) is 19.9. The Morgan fingerprint density at radius 3 is 2.82 bits per heavy atom. The number of amides is 1. The van der Waals surface area contributed by atoms with Gasteiger partial charge in [0.2, 0.25) is 5.95 Å². The summed E-state index contributed by atoms with van der Waals surface area (Å²) in [4.78, 5) is 26.2. The molecule has 3 N–H and O–H groups in total. The van der Waals surface area contributed by atoms with Gasteiger partial charge in [0.25, 0.3) is 5.91 Å². The van der Waals surface area contributed by atoms with E-state index in [9.17, 15) is 9.18 Å². The predicted molar refractivity (Wildman–Crippen MR) is 127 cm³/mol. The molecule has 3 aromatic rings. The third-order valence-corrected chi connectivity index (χ3v) is 6.11. The van der Waals surface area contributed by atoms with Crippen molar-refractivity contribution < 1.29 is 13.9 Å². The first-order valence-corrected chi connectivity index (χ1v) is 11.4. The SMILES string of the molecule is Cc1cnc(NC2CCOCC2)nc1-n1cnc(C(=O)N(Cl)[C@H](CN)c2cc(F)cc(Cl)c2)c1. The summed E-state index contributed by atoms with van der Waals surface area (Å²) < 4.78 is 21.7. The monoisotopic (exact) mass is 507 g/mol. The zero-order valence-electron chi connectivity index (χ0n) is 18.4. The number of carbonyl (C=O) groups excluding carboxylic acids is 1. The Bertz CT molecular complexity index is 1150. The zero-order chi connectivity index (χ0) is 24.2. The lowest BCUT2D eigenvalue weighted by Crippen LogP contribution is -2.32. The standard InChI is InChI=1S/C22H24Cl2FN7O2/c1-13-10-27-22(29-17-2-4-34-5-3-17)30-20(13)31-11-18(28-12-31)21(33)32(24)19(9-26)14-6-15(23)8-16(25)7-14/h6-8,10-12,17,19H,2-5,9,26H2,1H3,(H,27,29,30)/t19-/m1/s1. The second kappa shape index (κ2) is 10.6. The number of rotatable bonds is 7. The van der Waals surface area contributed by atoms with Crippen molar-refractivity contribution in [2.24, 2.45) is 5.73 Å². The van der Waals surface area contributed by atoms with E-state index < -0.39 is 17.8 Å². The van der Waals surface area contributed by atoms with Crippen molar-refractivity contribution in [3.63, 3.8) is 0 Å². The normalized spacial score (nSPS) is 15.2. The van der Waals surface area contributed by atoms with Crippen LogP contribution in [0.5, 0.6) is 0 Å². The second-order valence-electron chi connectivity index (χ2n) is 7.97. The Labute approximate surface area is 206 Å². The predicted octanol–water partition coefficient (Wildman–Crippen LogP) is 3.65. The minimum Gasteiger partial charge on any atom is -0.381 e. The summed E-state index contributed by atoms with van der Waals surface area (Å²) in [6.45, 7) is 3.22. The third kappa shape index (κ3) is 5.47. The number of nitrogens with two attached hydrogens (primary N) is 1. The maximum Gasteiger partial charge on any atom is 0.289 e. The highest BCUT2D eigenvalue weighted by atomic mass is 35.5. The van der Waals surface area contributed by atoms with Gasteiger partial charge in [-0.3, -0.25) is 9.36 Å². The van der Waals surface area contributed by atoms with Gasteiger partial charge in [0, 0.05) is 60.6 Å². The molecule has 3 heterocycles. The molecule has 9 nitrogen and oxygen atoms in total. The summed E-state index contributed by atoms with van der Waals surface area (Å²) in [5.41, 5.74) is 7.08. The molecule has 4 rings (SSSR count). The lowest BCUT2D eigenvalue weighted by Gasteiger charge is -2.24. The van der Waals surface area contributed by atoms with Crippen LogP contribution in [0.4, 0.5) is 10.3 Å². The van der Waals surface area contributed by atoms with Gasteiger partial charge in [0.05, 0.1) is 6.04 Å². The first kappa shape index (κ1) is 24.3. The van der Waals surface area contributed by atoms with E-state index >= 15 is 0 Å². The summed E-state index contributed by atoms with van der Waals surface area (Å²) in [7, 11) is 0. The van der Waals surface area contributed by atoms with Crippen molar-refractivity contribution in [2.45, 2.75) is 31.8 Å². The molecule has 34 heavy (non-hydrogen) atoms. The Kier molecular flexibility index (Phi) is 7.62. The summed E-state index contributed by atoms with van der Waals surface area (Å²) in [6, 6.07) is 3.35. The molecule has 1 atom stereocenters. The Balaban J connectivity index is 1.54. The number of anilines is 1. The molecular weight excluding hydrogens is 484 g/mol. The van der Waals surface area contributed by atoms with E-state index in [0.717, 1.165) is 28.9 Å². The molecule has 1 saturated heterocycles. The van der Waals surface area contributed by atoms with Gasteiger partial charge in [-0.05, 0) is 43.5 Å². The number of aryl methyl sites for hydroxylation is 1. The van der Waals surface area contributed by atoms with E-state index in [4.69, 9.17) is 33.8 Å². The molecule has 12 heteroatoms. The lowest BCUT2D eigenvalue weighted by molar-refractivity contribution is 0.0820. The Hall–Kier alpha value is -2.79. The van der Waals surface area contributed by atoms with E-state index in [2.05, 4.69) is 20.3 Å². The summed E-state index contributed by atoms with van der Waals surface area (Å²) in [6.07, 6.45) is 6.46. The molecule has 0 spiro atoms. The number of nitrogens with zero attached hydrogens (tertiary/aromatic N) is 5. The van der Waals surface area contributed by atoms with Crippen LogP contribution >= 0.6 is 23.4 Å². The molecule has 0 radical (unpaired) electrons. The number of hydrogen-bond donors (Lipinski definition) is 2. The van der Waals surface area contributed by atoms with Gasteiger partial charge >= 0.3 is 0 Å². The van der Waals surface area contributed by atoms with Crippen LogP contribution in [0, 0.1) is 12.7 Å². The van der Waals surface area contributed by atoms with Crippen molar-refractivity contribution in [2.75, 3.05) is 25.1 Å². The fourth-order valence-electron chi connectivity index (χ4n) is 3.72. The molecule has 180 valence electrons. The first-order chi connectivity index (χ1) is 16.4. The number of aromatic nitrogens is 4. The van der Waals surface area contributed by atoms with Crippen LogP contribution in [-0.4, -0.2) is 55.6 Å². The van der Waals surface area contributed by atoms with E-state index in [1.807, 2.05) is 6.92 Å². The van der Waals surface area contributed by atoms with Crippen molar-refractivity contribution in [3.05, 3.63) is 64.6 Å². The first-order valence-electron chi connectivity index (χ1n) is 10.7. The van der Waals surface area contributed by atoms with Crippen LogP contribution in [0.2, 0.25) is 5.02 Å². The fraction of sp³-hybridized carbons (Fsp3) is 0.364. The second-order valence-corrected chi connectivity index (χ2v) is 8.77. The number of benzene rings is 1. The fourth-order valence-corrected chi connectivity index (χ4v) is 4.22. The summed E-state index contributed by atoms with van der Waals surface area (Å²) >= 11 is 12.3. The molecule has 0 saturated carbocycles. The summed E-state index contributed by atoms with van der Waals surface area (Å²) in [5.74, 6) is -0.0839. The number of halogens is 3. The molecule has 0 unspecified atom stereocenters. The lowest BCUT2D eigenvalue weighted by atomic mass is 10.1. The highest BCUT2D eigenvalue weighted by molar-refractivity contribution is 6.30. The van der Waals surface area contributed by atoms with E-state index in [0.29, 0.717) is 30.5 Å². The molecular formula is C22H24Cl2FN7O2. The van der Waals surface area contributed by atoms with Crippen LogP contribution < -0.4 is 11.1 Å². The molecule has 0 aliphatic carbocycles. The van der Waals surface area contributed by atoms with Crippen molar-refractivity contribution in [1.29, 1.82) is 0 Å². The topological polar surface area (TPSA) is 111 Å². The Morgan fingerprint density at radius 2 is 2.12 bits per heavy atom. The number of nitrogens with one attached hydrogen (secondary N) is 1. The van der Waals surface area contributed by atoms with E-state index in [1.54, 1.807) is 10.8 Å². The minimum atomic E-state index is -0.802. The number of hydrogen-bond acceptors (Lipinski definition) is 7. The van der Waals surface area contributed by atoms with Crippen LogP contribution in [0.15, 0.2) is 36.9 Å². The van der Waals surface area contributed by atoms with Gasteiger partial charge in [-0.2, -0.15) is 4.98 Å². The average molecular weight is 508 g/mol. The number of ether oxygens (including phenoxy) is 1. The Morgan fingerprint density at radius 1 is 1.35 bits per heavy atom. The van der Waals surface area contributed by atoms with Gasteiger partial charge < -0.3 is 15.8 Å². The molecule has 1 aliphatic heterocycles. The minimum absolute atomic E-state index is 0.0397. The maximum absolute atomic E-state index is 13.8. The van der Waals surface area contributed by atoms with Crippen LogP contribution in [-0.2, 0) is 4.74 Å². The number of imidazole rings is 1. The maximum atomic E-state index is 13.8. The average Bonchev–Trinajstić information content (AvgIpc) is 3.30. The largest absolute Gasteiger partial charge is 0.381 e. The molecule has 1 aliphatic rings. The van der Waals surface area contributed by atoms with Crippen LogP contribution in [0.1, 0.15) is 40.5 Å².